The minimum absolute atomic E-state index is 0.139. The number of anilines is 2. The molecule has 0 saturated carbocycles. The Labute approximate surface area is 187 Å². The second kappa shape index (κ2) is 9.92. The highest BCUT2D eigenvalue weighted by Gasteiger charge is 2.20. The highest BCUT2D eigenvalue weighted by molar-refractivity contribution is 6.09. The summed E-state index contributed by atoms with van der Waals surface area (Å²) >= 11 is 0. The molecular formula is C26H25N3O3. The summed E-state index contributed by atoms with van der Waals surface area (Å²) in [6, 6.07) is 23.5. The molecule has 0 atom stereocenters. The molecule has 2 N–H and O–H groups in total. The van der Waals surface area contributed by atoms with Crippen LogP contribution in [0.15, 0.2) is 78.9 Å². The number of nitrogens with one attached hydrogen (secondary N) is 2. The van der Waals surface area contributed by atoms with Crippen LogP contribution in [-0.2, 0) is 11.3 Å². The lowest BCUT2D eigenvalue weighted by Crippen LogP contribution is -2.35. The van der Waals surface area contributed by atoms with Crippen molar-refractivity contribution in [3.63, 3.8) is 0 Å². The third-order valence-corrected chi connectivity index (χ3v) is 5.45. The Balaban J connectivity index is 1.43. The van der Waals surface area contributed by atoms with Crippen molar-refractivity contribution in [2.75, 3.05) is 16.8 Å². The molecule has 6 heteroatoms. The third kappa shape index (κ3) is 5.03. The second-order valence-corrected chi connectivity index (χ2v) is 7.72. The van der Waals surface area contributed by atoms with Gasteiger partial charge in [0.2, 0.25) is 5.91 Å². The van der Waals surface area contributed by atoms with Gasteiger partial charge in [0, 0.05) is 30.8 Å². The highest BCUT2D eigenvalue weighted by atomic mass is 16.2. The molecular weight excluding hydrogens is 402 g/mol. The fourth-order valence-electron chi connectivity index (χ4n) is 3.76. The summed E-state index contributed by atoms with van der Waals surface area (Å²) in [6.45, 7) is 1.04. The number of amides is 3. The molecule has 1 aliphatic rings. The number of piperidine rings is 1. The van der Waals surface area contributed by atoms with Crippen molar-refractivity contribution in [2.45, 2.75) is 25.8 Å². The van der Waals surface area contributed by atoms with Crippen LogP contribution in [0.3, 0.4) is 0 Å². The lowest BCUT2D eigenvalue weighted by Gasteiger charge is -2.27. The predicted molar refractivity (Wildman–Crippen MR) is 125 cm³/mol. The Hall–Kier alpha value is -3.93. The Kier molecular flexibility index (Phi) is 6.60. The Morgan fingerprint density at radius 2 is 1.62 bits per heavy atom. The quantitative estimate of drug-likeness (QED) is 0.613. The molecule has 0 aromatic heterocycles. The number of carbonyl (C=O) groups excluding carboxylic acids is 3. The molecule has 0 bridgehead atoms. The monoisotopic (exact) mass is 427 g/mol. The molecule has 0 aliphatic carbocycles. The third-order valence-electron chi connectivity index (χ3n) is 5.45. The fraction of sp³-hybridized carbons (Fsp3) is 0.192. The van der Waals surface area contributed by atoms with Gasteiger partial charge >= 0.3 is 0 Å². The normalized spacial score (nSPS) is 13.5. The van der Waals surface area contributed by atoms with E-state index in [9.17, 15) is 14.4 Å². The van der Waals surface area contributed by atoms with Gasteiger partial charge in [0.15, 0.2) is 0 Å². The van der Waals surface area contributed by atoms with Crippen LogP contribution in [0.4, 0.5) is 11.4 Å². The van der Waals surface area contributed by atoms with E-state index in [1.54, 1.807) is 48.5 Å². The molecule has 6 nitrogen and oxygen atoms in total. The largest absolute Gasteiger partial charge is 0.348 e. The molecule has 3 aromatic rings. The van der Waals surface area contributed by atoms with Gasteiger partial charge < -0.3 is 15.5 Å². The van der Waals surface area contributed by atoms with Gasteiger partial charge in [-0.25, -0.2) is 0 Å². The number of para-hydroxylation sites is 1. The standard InChI is InChI=1S/C26H25N3O3/c30-24-15-6-7-16-29(24)21-12-8-9-19(17-21)18-27-26(32)22-13-4-5-14-23(22)28-25(31)20-10-2-1-3-11-20/h1-5,8-14,17H,6-7,15-16,18H2,(H,27,32)(H,28,31). The molecule has 32 heavy (non-hydrogen) atoms. The maximum absolute atomic E-state index is 12.9. The van der Waals surface area contributed by atoms with E-state index in [4.69, 9.17) is 0 Å². The van der Waals surface area contributed by atoms with E-state index < -0.39 is 0 Å². The first-order valence-electron chi connectivity index (χ1n) is 10.7. The van der Waals surface area contributed by atoms with Crippen LogP contribution >= 0.6 is 0 Å². The summed E-state index contributed by atoms with van der Waals surface area (Å²) in [7, 11) is 0. The van der Waals surface area contributed by atoms with Gasteiger partial charge in [0.05, 0.1) is 11.3 Å². The number of hydrogen-bond acceptors (Lipinski definition) is 3. The zero-order valence-electron chi connectivity index (χ0n) is 17.7. The smallest absolute Gasteiger partial charge is 0.255 e. The van der Waals surface area contributed by atoms with Gasteiger partial charge in [-0.3, -0.25) is 14.4 Å². The van der Waals surface area contributed by atoms with Crippen LogP contribution in [0.25, 0.3) is 0 Å². The summed E-state index contributed by atoms with van der Waals surface area (Å²) < 4.78 is 0. The first-order chi connectivity index (χ1) is 15.6. The fourth-order valence-corrected chi connectivity index (χ4v) is 3.76. The Morgan fingerprint density at radius 1 is 0.844 bits per heavy atom. The first kappa shape index (κ1) is 21.3. The van der Waals surface area contributed by atoms with E-state index in [1.165, 1.54) is 0 Å². The van der Waals surface area contributed by atoms with Crippen LogP contribution in [0.1, 0.15) is 45.5 Å². The van der Waals surface area contributed by atoms with Crippen molar-refractivity contribution in [1.82, 2.24) is 5.32 Å². The van der Waals surface area contributed by atoms with Crippen LogP contribution < -0.4 is 15.5 Å². The minimum Gasteiger partial charge on any atom is -0.348 e. The summed E-state index contributed by atoms with van der Waals surface area (Å²) in [5, 5.41) is 5.74. The predicted octanol–water partition coefficient (Wildman–Crippen LogP) is 4.39. The average molecular weight is 428 g/mol. The maximum Gasteiger partial charge on any atom is 0.255 e. The van der Waals surface area contributed by atoms with Crippen molar-refractivity contribution < 1.29 is 14.4 Å². The molecule has 162 valence electrons. The van der Waals surface area contributed by atoms with E-state index in [1.807, 2.05) is 35.2 Å². The highest BCUT2D eigenvalue weighted by Crippen LogP contribution is 2.22. The number of hydrogen-bond donors (Lipinski definition) is 2. The van der Waals surface area contributed by atoms with Crippen LogP contribution in [-0.4, -0.2) is 24.3 Å². The number of benzene rings is 3. The zero-order valence-corrected chi connectivity index (χ0v) is 17.7. The first-order valence-corrected chi connectivity index (χ1v) is 10.7. The van der Waals surface area contributed by atoms with E-state index in [0.717, 1.165) is 30.6 Å². The average Bonchev–Trinajstić information content (AvgIpc) is 2.84. The molecule has 0 spiro atoms. The lowest BCUT2D eigenvalue weighted by atomic mass is 10.1. The van der Waals surface area contributed by atoms with Gasteiger partial charge in [0.25, 0.3) is 11.8 Å². The Morgan fingerprint density at radius 3 is 2.44 bits per heavy atom. The molecule has 3 amide bonds. The summed E-state index contributed by atoms with van der Waals surface area (Å²) in [5.41, 5.74) is 3.12. The van der Waals surface area contributed by atoms with E-state index in [-0.39, 0.29) is 17.7 Å². The molecule has 1 heterocycles. The van der Waals surface area contributed by atoms with Crippen molar-refractivity contribution >= 4 is 29.1 Å². The molecule has 0 radical (unpaired) electrons. The van der Waals surface area contributed by atoms with Gasteiger partial charge in [-0.15, -0.1) is 0 Å². The molecule has 0 unspecified atom stereocenters. The van der Waals surface area contributed by atoms with E-state index >= 15 is 0 Å². The summed E-state index contributed by atoms with van der Waals surface area (Å²) in [5.74, 6) is -0.418. The SMILES string of the molecule is O=C(Nc1ccccc1C(=O)NCc1cccc(N2CCCCC2=O)c1)c1ccccc1. The van der Waals surface area contributed by atoms with Crippen molar-refractivity contribution in [1.29, 1.82) is 0 Å². The maximum atomic E-state index is 12.9. The van der Waals surface area contributed by atoms with Gasteiger partial charge in [-0.05, 0) is 54.8 Å². The van der Waals surface area contributed by atoms with Crippen molar-refractivity contribution in [3.8, 4) is 0 Å². The van der Waals surface area contributed by atoms with Gasteiger partial charge in [-0.2, -0.15) is 0 Å². The van der Waals surface area contributed by atoms with Crippen molar-refractivity contribution in [2.24, 2.45) is 0 Å². The number of rotatable bonds is 6. The van der Waals surface area contributed by atoms with Gasteiger partial charge in [-0.1, -0.05) is 42.5 Å². The van der Waals surface area contributed by atoms with Gasteiger partial charge in [0.1, 0.15) is 0 Å². The van der Waals surface area contributed by atoms with Crippen LogP contribution in [0, 0.1) is 0 Å². The van der Waals surface area contributed by atoms with Crippen LogP contribution in [0.2, 0.25) is 0 Å². The lowest BCUT2D eigenvalue weighted by molar-refractivity contribution is -0.119. The number of nitrogens with zero attached hydrogens (tertiary/aromatic N) is 1. The molecule has 3 aromatic carbocycles. The van der Waals surface area contributed by atoms with Crippen molar-refractivity contribution in [3.05, 3.63) is 95.6 Å². The molecule has 1 aliphatic heterocycles. The molecule has 1 fully saturated rings. The zero-order chi connectivity index (χ0) is 22.3. The summed E-state index contributed by atoms with van der Waals surface area (Å²) in [4.78, 5) is 39.4. The van der Waals surface area contributed by atoms with Crippen LogP contribution in [0.5, 0.6) is 0 Å². The second-order valence-electron chi connectivity index (χ2n) is 7.72. The topological polar surface area (TPSA) is 78.5 Å². The van der Waals surface area contributed by atoms with E-state index in [0.29, 0.717) is 29.8 Å². The Bertz CT molecular complexity index is 1130. The minimum atomic E-state index is -0.284. The molecule has 4 rings (SSSR count). The van der Waals surface area contributed by atoms with E-state index in [2.05, 4.69) is 10.6 Å². The number of carbonyl (C=O) groups is 3. The molecule has 1 saturated heterocycles. The summed E-state index contributed by atoms with van der Waals surface area (Å²) in [6.07, 6.45) is 2.51.